The second-order valence-electron chi connectivity index (χ2n) is 3.09. The number of alkyl halides is 1. The highest BCUT2D eigenvalue weighted by Gasteiger charge is 2.19. The quantitative estimate of drug-likeness (QED) is 0.455. The lowest BCUT2D eigenvalue weighted by Crippen LogP contribution is -1.97. The van der Waals surface area contributed by atoms with Gasteiger partial charge < -0.3 is 0 Å². The van der Waals surface area contributed by atoms with E-state index in [0.717, 1.165) is 9.84 Å². The van der Waals surface area contributed by atoms with Crippen LogP contribution in [0.1, 0.15) is 19.3 Å². The highest BCUT2D eigenvalue weighted by Crippen LogP contribution is 2.33. The van der Waals surface area contributed by atoms with E-state index in [-0.39, 0.29) is 0 Å². The van der Waals surface area contributed by atoms with Crippen LogP contribution in [0.25, 0.3) is 0 Å². The number of allylic oxidation sites excluding steroid dienone is 4. The van der Waals surface area contributed by atoms with Crippen LogP contribution in [0.5, 0.6) is 0 Å². The van der Waals surface area contributed by atoms with Crippen LogP contribution < -0.4 is 0 Å². The molecule has 0 heterocycles. The summed E-state index contributed by atoms with van der Waals surface area (Å²) in [6.07, 6.45) is 11.3. The summed E-state index contributed by atoms with van der Waals surface area (Å²) < 4.78 is 0.793. The van der Waals surface area contributed by atoms with Crippen LogP contribution in [0.15, 0.2) is 23.8 Å². The molecule has 0 fully saturated rings. The molecule has 0 aromatic heterocycles. The average Bonchev–Trinajstić information content (AvgIpc) is 2.27. The maximum Gasteiger partial charge on any atom is 0.0356 e. The molecule has 0 saturated carbocycles. The number of hydrogen-bond acceptors (Lipinski definition) is 0. The second-order valence-corrected chi connectivity index (χ2v) is 4.59. The Morgan fingerprint density at radius 1 is 1.40 bits per heavy atom. The van der Waals surface area contributed by atoms with Gasteiger partial charge in [0, 0.05) is 3.92 Å². The molecule has 2 bridgehead atoms. The molecular weight excluding hydrogens is 235 g/mol. The predicted octanol–water partition coefficient (Wildman–Crippen LogP) is 3.09. The minimum absolute atomic E-state index is 0.787. The topological polar surface area (TPSA) is 0 Å². The summed E-state index contributed by atoms with van der Waals surface area (Å²) in [5.41, 5.74) is 1.57. The van der Waals surface area contributed by atoms with Crippen molar-refractivity contribution in [2.45, 2.75) is 23.2 Å². The van der Waals surface area contributed by atoms with Gasteiger partial charge in [-0.25, -0.2) is 0 Å². The van der Waals surface area contributed by atoms with Crippen molar-refractivity contribution in [1.29, 1.82) is 0 Å². The molecule has 2 rings (SSSR count). The molecule has 1 heteroatoms. The van der Waals surface area contributed by atoms with Gasteiger partial charge in [-0.05, 0) is 24.3 Å². The third-order valence-corrected chi connectivity index (χ3v) is 3.64. The second kappa shape index (κ2) is 2.68. The van der Waals surface area contributed by atoms with Crippen LogP contribution >= 0.6 is 22.6 Å². The number of halogens is 1. The Kier molecular flexibility index (Phi) is 1.85. The summed E-state index contributed by atoms with van der Waals surface area (Å²) in [5, 5.41) is 0. The Morgan fingerprint density at radius 3 is 3.20 bits per heavy atom. The van der Waals surface area contributed by atoms with Gasteiger partial charge >= 0.3 is 0 Å². The number of fused-ring (bicyclic) bond motifs is 1. The van der Waals surface area contributed by atoms with Crippen LogP contribution in [0.4, 0.5) is 0 Å². The minimum atomic E-state index is 0.787. The van der Waals surface area contributed by atoms with Gasteiger partial charge in [-0.1, -0.05) is 47.2 Å². The lowest BCUT2D eigenvalue weighted by molar-refractivity contribution is 0.649. The van der Waals surface area contributed by atoms with Crippen molar-refractivity contribution in [1.82, 2.24) is 0 Å². The van der Waals surface area contributed by atoms with Crippen LogP contribution in [-0.4, -0.2) is 3.92 Å². The van der Waals surface area contributed by atoms with E-state index < -0.39 is 0 Å². The minimum Gasteiger partial charge on any atom is -0.0774 e. The fourth-order valence-corrected chi connectivity index (χ4v) is 2.54. The Labute approximate surface area is 75.5 Å². The zero-order valence-corrected chi connectivity index (χ0v) is 8.04. The van der Waals surface area contributed by atoms with Gasteiger partial charge in [-0.2, -0.15) is 0 Å². The largest absolute Gasteiger partial charge is 0.0774 e. The summed E-state index contributed by atoms with van der Waals surface area (Å²) in [4.78, 5) is 0. The third kappa shape index (κ3) is 1.16. The fourth-order valence-electron chi connectivity index (χ4n) is 1.68. The molecule has 0 saturated heterocycles. The predicted molar refractivity (Wildman–Crippen MR) is 52.4 cm³/mol. The first kappa shape index (κ1) is 6.89. The van der Waals surface area contributed by atoms with Gasteiger partial charge in [0.1, 0.15) is 0 Å². The van der Waals surface area contributed by atoms with Crippen molar-refractivity contribution < 1.29 is 0 Å². The van der Waals surface area contributed by atoms with Crippen molar-refractivity contribution in [2.24, 2.45) is 5.92 Å². The van der Waals surface area contributed by atoms with Gasteiger partial charge in [0.25, 0.3) is 0 Å². The summed E-state index contributed by atoms with van der Waals surface area (Å²) in [6, 6.07) is 0. The molecular formula is C9H11I. The Balaban J connectivity index is 2.24. The molecule has 0 aromatic carbocycles. The standard InChI is InChI=1S/C9H11I/c10-9-3-1-2-7-4-5-8(9)6-7/h4-7,9H,1-3H2. The van der Waals surface area contributed by atoms with Crippen molar-refractivity contribution in [3.8, 4) is 0 Å². The van der Waals surface area contributed by atoms with Crippen molar-refractivity contribution >= 4 is 22.6 Å². The third-order valence-electron chi connectivity index (χ3n) is 2.30. The van der Waals surface area contributed by atoms with Gasteiger partial charge in [0.15, 0.2) is 0 Å². The van der Waals surface area contributed by atoms with Gasteiger partial charge in [0.05, 0.1) is 0 Å². The molecule has 0 aliphatic heterocycles. The Morgan fingerprint density at radius 2 is 2.30 bits per heavy atom. The molecule has 2 aliphatic carbocycles. The SMILES string of the molecule is IC1CCCC2C=CC1=C2. The van der Waals surface area contributed by atoms with Crippen molar-refractivity contribution in [3.05, 3.63) is 23.8 Å². The summed E-state index contributed by atoms with van der Waals surface area (Å²) in [7, 11) is 0. The molecule has 10 heavy (non-hydrogen) atoms. The van der Waals surface area contributed by atoms with E-state index in [1.165, 1.54) is 19.3 Å². The van der Waals surface area contributed by atoms with E-state index in [0.29, 0.717) is 0 Å². The maximum absolute atomic E-state index is 2.55. The number of hydrogen-bond donors (Lipinski definition) is 0. The smallest absolute Gasteiger partial charge is 0.0356 e. The molecule has 0 radical (unpaired) electrons. The van der Waals surface area contributed by atoms with Crippen molar-refractivity contribution in [2.75, 3.05) is 0 Å². The van der Waals surface area contributed by atoms with E-state index in [1.54, 1.807) is 5.57 Å². The molecule has 2 aliphatic rings. The zero-order valence-electron chi connectivity index (χ0n) is 5.89. The van der Waals surface area contributed by atoms with E-state index >= 15 is 0 Å². The van der Waals surface area contributed by atoms with Gasteiger partial charge in [0.2, 0.25) is 0 Å². The Hall–Kier alpha value is 0.210. The highest BCUT2D eigenvalue weighted by atomic mass is 127. The van der Waals surface area contributed by atoms with Crippen LogP contribution in [0.3, 0.4) is 0 Å². The maximum atomic E-state index is 2.55. The zero-order chi connectivity index (χ0) is 6.97. The van der Waals surface area contributed by atoms with E-state index in [1.807, 2.05) is 0 Å². The first-order chi connectivity index (χ1) is 4.86. The molecule has 0 aromatic rings. The molecule has 0 amide bonds. The van der Waals surface area contributed by atoms with E-state index in [4.69, 9.17) is 0 Å². The van der Waals surface area contributed by atoms with E-state index in [9.17, 15) is 0 Å². The average molecular weight is 246 g/mol. The van der Waals surface area contributed by atoms with Crippen molar-refractivity contribution in [3.63, 3.8) is 0 Å². The normalized spacial score (nSPS) is 37.5. The summed E-state index contributed by atoms with van der Waals surface area (Å²) in [5.74, 6) is 0.787. The molecule has 2 atom stereocenters. The van der Waals surface area contributed by atoms with Crippen LogP contribution in [0, 0.1) is 5.92 Å². The lowest BCUT2D eigenvalue weighted by atomic mass is 10.0. The first-order valence-electron chi connectivity index (χ1n) is 3.90. The number of rotatable bonds is 0. The van der Waals surface area contributed by atoms with Gasteiger partial charge in [-0.15, -0.1) is 0 Å². The molecule has 2 unspecified atom stereocenters. The molecule has 0 N–H and O–H groups in total. The summed E-state index contributed by atoms with van der Waals surface area (Å²) in [6.45, 7) is 0. The first-order valence-corrected chi connectivity index (χ1v) is 5.15. The van der Waals surface area contributed by atoms with E-state index in [2.05, 4.69) is 40.8 Å². The van der Waals surface area contributed by atoms with Crippen LogP contribution in [0.2, 0.25) is 0 Å². The molecule has 54 valence electrons. The van der Waals surface area contributed by atoms with Gasteiger partial charge in [-0.3, -0.25) is 0 Å². The van der Waals surface area contributed by atoms with Crippen LogP contribution in [-0.2, 0) is 0 Å². The fraction of sp³-hybridized carbons (Fsp3) is 0.556. The highest BCUT2D eigenvalue weighted by molar-refractivity contribution is 14.1. The monoisotopic (exact) mass is 246 g/mol. The molecule has 0 nitrogen and oxygen atoms in total. The Bertz CT molecular complexity index is 191. The lowest BCUT2D eigenvalue weighted by Gasteiger charge is -2.07. The summed E-state index contributed by atoms with van der Waals surface area (Å²) >= 11 is 2.55. The molecule has 0 spiro atoms.